The zero-order valence-electron chi connectivity index (χ0n) is 10.2. The highest BCUT2D eigenvalue weighted by molar-refractivity contribution is 5.27. The van der Waals surface area contributed by atoms with E-state index in [2.05, 4.69) is 0 Å². The minimum atomic E-state index is -0.822. The van der Waals surface area contributed by atoms with Crippen molar-refractivity contribution in [3.05, 3.63) is 35.1 Å². The molecule has 0 fully saturated rings. The Hall–Kier alpha value is -0.930. The monoisotopic (exact) mass is 226 g/mol. The summed E-state index contributed by atoms with van der Waals surface area (Å²) in [5.41, 5.74) is 0.674. The van der Waals surface area contributed by atoms with E-state index in [4.69, 9.17) is 4.74 Å². The van der Waals surface area contributed by atoms with E-state index in [0.29, 0.717) is 12.0 Å². The molecule has 0 aliphatic rings. The number of aryl methyl sites for hydroxylation is 1. The van der Waals surface area contributed by atoms with E-state index in [1.54, 1.807) is 20.1 Å². The molecule has 2 unspecified atom stereocenters. The highest BCUT2D eigenvalue weighted by Gasteiger charge is 2.32. The van der Waals surface area contributed by atoms with Crippen molar-refractivity contribution in [2.45, 2.75) is 38.9 Å². The van der Waals surface area contributed by atoms with Gasteiger partial charge in [-0.3, -0.25) is 0 Å². The van der Waals surface area contributed by atoms with E-state index in [1.807, 2.05) is 13.8 Å². The van der Waals surface area contributed by atoms with Crippen molar-refractivity contribution in [3.63, 3.8) is 0 Å². The van der Waals surface area contributed by atoms with Crippen LogP contribution in [0.2, 0.25) is 0 Å². The summed E-state index contributed by atoms with van der Waals surface area (Å²) < 4.78 is 18.5. The Labute approximate surface area is 96.1 Å². The highest BCUT2D eigenvalue weighted by Crippen LogP contribution is 2.32. The fraction of sp³-hybridized carbons (Fsp3) is 0.538. The summed E-state index contributed by atoms with van der Waals surface area (Å²) in [6, 6.07) is 4.57. The van der Waals surface area contributed by atoms with E-state index >= 15 is 0 Å². The lowest BCUT2D eigenvalue weighted by molar-refractivity contribution is -0.0945. The van der Waals surface area contributed by atoms with Crippen LogP contribution in [0.4, 0.5) is 4.39 Å². The van der Waals surface area contributed by atoms with Crippen molar-refractivity contribution in [2.24, 2.45) is 0 Å². The van der Waals surface area contributed by atoms with Crippen molar-refractivity contribution >= 4 is 0 Å². The number of benzene rings is 1. The van der Waals surface area contributed by atoms with Crippen LogP contribution in [0, 0.1) is 12.7 Å². The first kappa shape index (κ1) is 13.1. The lowest BCUT2D eigenvalue weighted by Crippen LogP contribution is -2.34. The number of methoxy groups -OCH3 is 1. The van der Waals surface area contributed by atoms with E-state index in [0.717, 1.165) is 5.56 Å². The fourth-order valence-corrected chi connectivity index (χ4v) is 1.72. The SMILES string of the molecule is CCC(C)(OC)C(O)c1cc(C)cc(F)c1. The summed E-state index contributed by atoms with van der Waals surface area (Å²) >= 11 is 0. The van der Waals surface area contributed by atoms with Crippen LogP contribution in [-0.4, -0.2) is 17.8 Å². The molecule has 0 bridgehead atoms. The van der Waals surface area contributed by atoms with Crippen LogP contribution in [0.1, 0.15) is 37.5 Å². The van der Waals surface area contributed by atoms with Crippen LogP contribution in [0.5, 0.6) is 0 Å². The van der Waals surface area contributed by atoms with Gasteiger partial charge in [-0.15, -0.1) is 0 Å². The molecular formula is C13H19FO2. The number of aliphatic hydroxyl groups is 1. The molecule has 0 spiro atoms. The van der Waals surface area contributed by atoms with Crippen molar-refractivity contribution in [3.8, 4) is 0 Å². The molecule has 0 saturated carbocycles. The van der Waals surface area contributed by atoms with E-state index in [-0.39, 0.29) is 5.82 Å². The molecule has 0 saturated heterocycles. The number of halogens is 1. The van der Waals surface area contributed by atoms with Gasteiger partial charge in [0.25, 0.3) is 0 Å². The topological polar surface area (TPSA) is 29.5 Å². The molecule has 0 heterocycles. The van der Waals surface area contributed by atoms with Gasteiger partial charge in [-0.25, -0.2) is 4.39 Å². The Morgan fingerprint density at radius 3 is 2.50 bits per heavy atom. The number of aliphatic hydroxyl groups excluding tert-OH is 1. The van der Waals surface area contributed by atoms with Crippen molar-refractivity contribution in [1.29, 1.82) is 0 Å². The van der Waals surface area contributed by atoms with Crippen molar-refractivity contribution in [1.82, 2.24) is 0 Å². The van der Waals surface area contributed by atoms with Crippen LogP contribution in [0.3, 0.4) is 0 Å². The summed E-state index contributed by atoms with van der Waals surface area (Å²) in [4.78, 5) is 0. The zero-order chi connectivity index (χ0) is 12.3. The maximum Gasteiger partial charge on any atom is 0.123 e. The van der Waals surface area contributed by atoms with Gasteiger partial charge in [-0.1, -0.05) is 13.0 Å². The van der Waals surface area contributed by atoms with Gasteiger partial charge in [0, 0.05) is 7.11 Å². The van der Waals surface area contributed by atoms with E-state index in [1.165, 1.54) is 12.1 Å². The first-order valence-corrected chi connectivity index (χ1v) is 5.43. The second-order valence-electron chi connectivity index (χ2n) is 4.33. The van der Waals surface area contributed by atoms with Crippen LogP contribution in [-0.2, 0) is 4.74 Å². The lowest BCUT2D eigenvalue weighted by Gasteiger charge is -2.32. The first-order valence-electron chi connectivity index (χ1n) is 5.43. The normalized spacial score (nSPS) is 16.9. The average molecular weight is 226 g/mol. The second-order valence-corrected chi connectivity index (χ2v) is 4.33. The Kier molecular flexibility index (Phi) is 4.05. The van der Waals surface area contributed by atoms with Crippen LogP contribution >= 0.6 is 0 Å². The molecule has 2 nitrogen and oxygen atoms in total. The third-order valence-electron chi connectivity index (χ3n) is 3.13. The Balaban J connectivity index is 3.08. The molecule has 1 N–H and O–H groups in total. The van der Waals surface area contributed by atoms with Gasteiger partial charge in [-0.2, -0.15) is 0 Å². The predicted molar refractivity (Wildman–Crippen MR) is 61.8 cm³/mol. The van der Waals surface area contributed by atoms with Gasteiger partial charge in [0.2, 0.25) is 0 Å². The third kappa shape index (κ3) is 2.60. The lowest BCUT2D eigenvalue weighted by atomic mass is 9.89. The molecule has 1 aromatic carbocycles. The van der Waals surface area contributed by atoms with Gasteiger partial charge >= 0.3 is 0 Å². The molecule has 90 valence electrons. The van der Waals surface area contributed by atoms with Crippen LogP contribution in [0.25, 0.3) is 0 Å². The molecule has 0 aliphatic carbocycles. The standard InChI is InChI=1S/C13H19FO2/c1-5-13(3,16-4)12(15)10-6-9(2)7-11(14)8-10/h6-8,12,15H,5H2,1-4H3. The van der Waals surface area contributed by atoms with Crippen molar-refractivity contribution < 1.29 is 14.2 Å². The third-order valence-corrected chi connectivity index (χ3v) is 3.13. The van der Waals surface area contributed by atoms with E-state index in [9.17, 15) is 9.50 Å². The van der Waals surface area contributed by atoms with Crippen molar-refractivity contribution in [2.75, 3.05) is 7.11 Å². The summed E-state index contributed by atoms with van der Waals surface area (Å²) in [5.74, 6) is -0.330. The molecule has 16 heavy (non-hydrogen) atoms. The smallest absolute Gasteiger partial charge is 0.123 e. The molecule has 1 aromatic rings. The predicted octanol–water partition coefficient (Wildman–Crippen LogP) is 2.98. The second kappa shape index (κ2) is 4.93. The largest absolute Gasteiger partial charge is 0.385 e. The molecule has 0 aliphatic heterocycles. The molecule has 3 heteroatoms. The Morgan fingerprint density at radius 1 is 1.44 bits per heavy atom. The first-order chi connectivity index (χ1) is 7.42. The summed E-state index contributed by atoms with van der Waals surface area (Å²) in [7, 11) is 1.55. The molecular weight excluding hydrogens is 207 g/mol. The maximum absolute atomic E-state index is 13.2. The van der Waals surface area contributed by atoms with E-state index < -0.39 is 11.7 Å². The fourth-order valence-electron chi connectivity index (χ4n) is 1.72. The number of hydrogen-bond acceptors (Lipinski definition) is 2. The minimum absolute atomic E-state index is 0.330. The number of rotatable bonds is 4. The average Bonchev–Trinajstić information content (AvgIpc) is 2.25. The Bertz CT molecular complexity index is 339. The minimum Gasteiger partial charge on any atom is -0.385 e. The van der Waals surface area contributed by atoms with Crippen LogP contribution in [0.15, 0.2) is 18.2 Å². The van der Waals surface area contributed by atoms with Gasteiger partial charge < -0.3 is 9.84 Å². The molecule has 0 amide bonds. The molecule has 1 rings (SSSR count). The number of ether oxygens (including phenoxy) is 1. The number of hydrogen-bond donors (Lipinski definition) is 1. The zero-order valence-corrected chi connectivity index (χ0v) is 10.2. The highest BCUT2D eigenvalue weighted by atomic mass is 19.1. The quantitative estimate of drug-likeness (QED) is 0.855. The van der Waals surface area contributed by atoms with Gasteiger partial charge in [0.1, 0.15) is 11.9 Å². The molecule has 0 radical (unpaired) electrons. The summed E-state index contributed by atoms with van der Waals surface area (Å²) in [6.45, 7) is 5.55. The Morgan fingerprint density at radius 2 is 2.06 bits per heavy atom. The van der Waals surface area contributed by atoms with Gasteiger partial charge in [0.05, 0.1) is 5.60 Å². The summed E-state index contributed by atoms with van der Waals surface area (Å²) in [6.07, 6.45) is -0.169. The molecule has 2 atom stereocenters. The summed E-state index contributed by atoms with van der Waals surface area (Å²) in [5, 5.41) is 10.2. The molecule has 0 aromatic heterocycles. The van der Waals surface area contributed by atoms with Gasteiger partial charge in [-0.05, 0) is 43.5 Å². The van der Waals surface area contributed by atoms with Gasteiger partial charge in [0.15, 0.2) is 0 Å². The maximum atomic E-state index is 13.2. The van der Waals surface area contributed by atoms with Crippen LogP contribution < -0.4 is 0 Å².